The number of amides is 1. The van der Waals surface area contributed by atoms with Crippen LogP contribution in [0.1, 0.15) is 56.6 Å². The van der Waals surface area contributed by atoms with Crippen molar-refractivity contribution < 1.29 is 19.1 Å². The van der Waals surface area contributed by atoms with Crippen molar-refractivity contribution in [2.75, 3.05) is 36.5 Å². The Morgan fingerprint density at radius 1 is 0.678 bits per heavy atom. The number of aromatic nitrogens is 2. The Hall–Kier alpha value is -6.36. The first-order valence-electron chi connectivity index (χ1n) is 20.5. The number of hydrogen-bond acceptors (Lipinski definition) is 9. The summed E-state index contributed by atoms with van der Waals surface area (Å²) in [4.78, 5) is 35.4. The molecule has 59 heavy (non-hydrogen) atoms. The molecule has 1 amide bonds. The molecular formula is C49H48N6O4. The van der Waals surface area contributed by atoms with Gasteiger partial charge in [-0.1, -0.05) is 109 Å². The average molecular weight is 785 g/mol. The van der Waals surface area contributed by atoms with E-state index in [1.165, 1.54) is 23.8 Å². The molecule has 10 rings (SSSR count). The molecule has 2 aliphatic carbocycles. The summed E-state index contributed by atoms with van der Waals surface area (Å²) >= 11 is 0. The third-order valence-corrected chi connectivity index (χ3v) is 12.0. The summed E-state index contributed by atoms with van der Waals surface area (Å²) in [7, 11) is 0. The highest BCUT2D eigenvalue weighted by molar-refractivity contribution is 6.03. The maximum absolute atomic E-state index is 12.5. The lowest BCUT2D eigenvalue weighted by Gasteiger charge is -2.38. The lowest BCUT2D eigenvalue weighted by atomic mass is 9.72. The molecule has 4 aliphatic rings. The SMILES string of the molecule is CC(=O)CN1C(=O)COc2nc(-c3ccc(C4(N)CCC4)cc3)c(-c3ccccc3)cc21.NC1(c2ccc(-c3nc4c(cc3-c3ccccc3)NCCO4)cc2)CCC1. The van der Waals surface area contributed by atoms with Gasteiger partial charge in [0.25, 0.3) is 5.91 Å². The molecule has 0 spiro atoms. The molecule has 5 N–H and O–H groups in total. The number of benzene rings is 4. The molecule has 2 fully saturated rings. The first kappa shape index (κ1) is 38.2. The zero-order valence-corrected chi connectivity index (χ0v) is 33.2. The van der Waals surface area contributed by atoms with Gasteiger partial charge in [-0.25, -0.2) is 9.97 Å². The van der Waals surface area contributed by atoms with E-state index in [0.29, 0.717) is 24.1 Å². The van der Waals surface area contributed by atoms with Crippen LogP contribution < -0.4 is 31.2 Å². The second kappa shape index (κ2) is 15.8. The molecule has 2 aromatic heterocycles. The largest absolute Gasteiger partial charge is 0.474 e. The van der Waals surface area contributed by atoms with E-state index in [9.17, 15) is 9.59 Å². The van der Waals surface area contributed by atoms with Crippen LogP contribution in [0.25, 0.3) is 44.8 Å². The highest BCUT2D eigenvalue weighted by Gasteiger charge is 2.35. The number of hydrogen-bond donors (Lipinski definition) is 3. The number of nitrogens with one attached hydrogen (secondary N) is 1. The summed E-state index contributed by atoms with van der Waals surface area (Å²) in [5, 5.41) is 3.39. The number of anilines is 2. The minimum Gasteiger partial charge on any atom is -0.474 e. The predicted octanol–water partition coefficient (Wildman–Crippen LogP) is 8.63. The predicted molar refractivity (Wildman–Crippen MR) is 232 cm³/mol. The van der Waals surface area contributed by atoms with Gasteiger partial charge in [0.15, 0.2) is 6.61 Å². The molecule has 0 bridgehead atoms. The summed E-state index contributed by atoms with van der Waals surface area (Å²) in [6.45, 7) is 2.77. The van der Waals surface area contributed by atoms with Gasteiger partial charge in [-0.2, -0.15) is 0 Å². The molecule has 0 unspecified atom stereocenters. The van der Waals surface area contributed by atoms with Crippen molar-refractivity contribution in [3.05, 3.63) is 132 Å². The van der Waals surface area contributed by atoms with E-state index in [1.807, 2.05) is 54.6 Å². The van der Waals surface area contributed by atoms with Gasteiger partial charge < -0.3 is 26.3 Å². The Morgan fingerprint density at radius 3 is 1.68 bits per heavy atom. The van der Waals surface area contributed by atoms with Crippen LogP contribution >= 0.6 is 0 Å². The smallest absolute Gasteiger partial charge is 0.265 e. The molecule has 0 radical (unpaired) electrons. The normalized spacial score (nSPS) is 16.9. The fraction of sp³-hybridized carbons (Fsp3) is 0.265. The summed E-state index contributed by atoms with van der Waals surface area (Å²) < 4.78 is 11.5. The van der Waals surface area contributed by atoms with Crippen molar-refractivity contribution in [1.29, 1.82) is 0 Å². The molecule has 4 aromatic carbocycles. The number of ketones is 1. The lowest BCUT2D eigenvalue weighted by Crippen LogP contribution is -2.43. The minimum absolute atomic E-state index is 0.00225. The van der Waals surface area contributed by atoms with Crippen molar-refractivity contribution in [1.82, 2.24) is 9.97 Å². The summed E-state index contributed by atoms with van der Waals surface area (Å²) in [6.07, 6.45) is 6.53. The molecular weight excluding hydrogens is 737 g/mol. The Balaban J connectivity index is 0.000000154. The van der Waals surface area contributed by atoms with Gasteiger partial charge in [-0.3, -0.25) is 14.5 Å². The summed E-state index contributed by atoms with van der Waals surface area (Å²) in [5.74, 6) is 0.686. The molecule has 4 heterocycles. The average Bonchev–Trinajstić information content (AvgIpc) is 3.25. The van der Waals surface area contributed by atoms with Crippen LogP contribution in [0.3, 0.4) is 0 Å². The topological polar surface area (TPSA) is 146 Å². The van der Waals surface area contributed by atoms with Crippen LogP contribution in [-0.4, -0.2) is 48.0 Å². The van der Waals surface area contributed by atoms with Crippen LogP contribution in [0.2, 0.25) is 0 Å². The number of pyridine rings is 2. The fourth-order valence-electron chi connectivity index (χ4n) is 8.32. The molecule has 10 nitrogen and oxygen atoms in total. The number of nitrogens with zero attached hydrogens (tertiary/aromatic N) is 3. The first-order chi connectivity index (χ1) is 28.7. The maximum atomic E-state index is 12.5. The van der Waals surface area contributed by atoms with Gasteiger partial charge >= 0.3 is 0 Å². The van der Waals surface area contributed by atoms with Gasteiger partial charge in [0.1, 0.15) is 18.1 Å². The van der Waals surface area contributed by atoms with E-state index in [2.05, 4.69) is 72.0 Å². The summed E-state index contributed by atoms with van der Waals surface area (Å²) in [6, 6.07) is 41.2. The quantitative estimate of drug-likeness (QED) is 0.138. The fourth-order valence-corrected chi connectivity index (χ4v) is 8.32. The molecule has 0 atom stereocenters. The van der Waals surface area contributed by atoms with Gasteiger partial charge in [0, 0.05) is 39.9 Å². The van der Waals surface area contributed by atoms with Crippen molar-refractivity contribution in [2.24, 2.45) is 11.5 Å². The standard InChI is InChI=1S/C26H25N3O3.C23H23N3O/c1-17(30)15-29-22-14-21(18-6-3-2-4-7-18)24(28-25(22)32-16-23(29)31)19-8-10-20(11-9-19)26(27)12-5-13-26;24-23(11-4-12-23)18-9-7-17(8-10-18)21-19(16-5-2-1-3-6-16)15-20-22(26-21)27-14-13-25-20/h2-4,6-11,14H,5,12-13,15-16,27H2,1H3;1-3,5-10,15,25H,4,11-14,24H2. The number of Topliss-reactive ketones (excluding diaryl/α,β-unsaturated/α-hetero) is 1. The highest BCUT2D eigenvalue weighted by Crippen LogP contribution is 2.44. The second-order valence-corrected chi connectivity index (χ2v) is 16.1. The van der Waals surface area contributed by atoms with E-state index in [4.69, 9.17) is 30.9 Å². The van der Waals surface area contributed by atoms with Crippen LogP contribution in [0.5, 0.6) is 11.8 Å². The molecule has 0 saturated heterocycles. The van der Waals surface area contributed by atoms with Crippen molar-refractivity contribution >= 4 is 23.1 Å². The number of rotatable bonds is 8. The van der Waals surface area contributed by atoms with Crippen LogP contribution in [-0.2, 0) is 20.7 Å². The minimum atomic E-state index is -0.251. The summed E-state index contributed by atoms with van der Waals surface area (Å²) in [5.41, 5.74) is 24.3. The van der Waals surface area contributed by atoms with Crippen LogP contribution in [0.15, 0.2) is 121 Å². The van der Waals surface area contributed by atoms with Gasteiger partial charge in [0.2, 0.25) is 11.8 Å². The zero-order chi connectivity index (χ0) is 40.6. The Kier molecular flexibility index (Phi) is 10.2. The van der Waals surface area contributed by atoms with Crippen LogP contribution in [0.4, 0.5) is 11.4 Å². The van der Waals surface area contributed by atoms with Crippen molar-refractivity contribution in [3.8, 4) is 56.5 Å². The van der Waals surface area contributed by atoms with E-state index >= 15 is 0 Å². The lowest BCUT2D eigenvalue weighted by molar-refractivity contribution is -0.124. The number of ether oxygens (including phenoxy) is 2. The molecule has 6 aromatic rings. The van der Waals surface area contributed by atoms with Gasteiger partial charge in [-0.15, -0.1) is 0 Å². The highest BCUT2D eigenvalue weighted by atomic mass is 16.5. The number of carbonyl (C=O) groups excluding carboxylic acids is 2. The number of carbonyl (C=O) groups is 2. The van der Waals surface area contributed by atoms with Gasteiger partial charge in [-0.05, 0) is 79.8 Å². The Morgan fingerprint density at radius 2 is 1.19 bits per heavy atom. The maximum Gasteiger partial charge on any atom is 0.265 e. The molecule has 10 heteroatoms. The Bertz CT molecular complexity index is 2500. The number of nitrogens with two attached hydrogens (primary N) is 2. The molecule has 2 saturated carbocycles. The van der Waals surface area contributed by atoms with Gasteiger partial charge in [0.05, 0.1) is 23.6 Å². The monoisotopic (exact) mass is 784 g/mol. The van der Waals surface area contributed by atoms with E-state index in [0.717, 1.165) is 94.7 Å². The second-order valence-electron chi connectivity index (χ2n) is 16.1. The number of fused-ring (bicyclic) bond motifs is 2. The molecule has 298 valence electrons. The van der Waals surface area contributed by atoms with Crippen molar-refractivity contribution in [2.45, 2.75) is 56.5 Å². The third kappa shape index (κ3) is 7.57. The zero-order valence-electron chi connectivity index (χ0n) is 33.2. The van der Waals surface area contributed by atoms with E-state index < -0.39 is 0 Å². The molecule has 2 aliphatic heterocycles. The van der Waals surface area contributed by atoms with E-state index in [1.54, 1.807) is 0 Å². The van der Waals surface area contributed by atoms with Crippen LogP contribution in [0, 0.1) is 0 Å². The van der Waals surface area contributed by atoms with Crippen molar-refractivity contribution in [3.63, 3.8) is 0 Å². The third-order valence-electron chi connectivity index (χ3n) is 12.0. The van der Waals surface area contributed by atoms with E-state index in [-0.39, 0.29) is 35.9 Å². The Labute approximate surface area is 344 Å². The first-order valence-corrected chi connectivity index (χ1v) is 20.5.